The number of nitrogens with zero attached hydrogens (tertiary/aromatic N) is 1. The molecule has 1 heterocycles. The summed E-state index contributed by atoms with van der Waals surface area (Å²) < 4.78 is 0. The van der Waals surface area contributed by atoms with Crippen LogP contribution >= 0.6 is 23.2 Å². The number of halogens is 2. The van der Waals surface area contributed by atoms with Crippen molar-refractivity contribution < 1.29 is 9.90 Å². The van der Waals surface area contributed by atoms with E-state index in [2.05, 4.69) is 22.3 Å². The van der Waals surface area contributed by atoms with E-state index < -0.39 is 0 Å². The van der Waals surface area contributed by atoms with Crippen LogP contribution in [0.5, 0.6) is 0 Å². The summed E-state index contributed by atoms with van der Waals surface area (Å²) in [6.07, 6.45) is 1.83. The second kappa shape index (κ2) is 9.56. The number of aliphatic hydroxyl groups excluding tert-OH is 1. The maximum atomic E-state index is 12.1. The van der Waals surface area contributed by atoms with Crippen LogP contribution in [0.25, 0.3) is 0 Å². The van der Waals surface area contributed by atoms with E-state index in [-0.39, 0.29) is 18.4 Å². The molecule has 0 aromatic heterocycles. The second-order valence-electron chi connectivity index (χ2n) is 7.03. The monoisotopic (exact) mass is 406 g/mol. The number of rotatable bonds is 6. The van der Waals surface area contributed by atoms with E-state index >= 15 is 0 Å². The number of hydrogen-bond acceptors (Lipinski definition) is 3. The summed E-state index contributed by atoms with van der Waals surface area (Å²) in [7, 11) is 0. The van der Waals surface area contributed by atoms with Crippen LogP contribution in [-0.2, 0) is 24.3 Å². The summed E-state index contributed by atoms with van der Waals surface area (Å²) in [5, 5.41) is 13.5. The minimum atomic E-state index is -0.142. The number of likely N-dealkylation sites (tertiary alicyclic amines) is 1. The van der Waals surface area contributed by atoms with Crippen molar-refractivity contribution in [2.24, 2.45) is 0 Å². The third-order valence-electron chi connectivity index (χ3n) is 4.82. The van der Waals surface area contributed by atoms with Crippen LogP contribution in [0, 0.1) is 0 Å². The molecule has 1 saturated heterocycles. The number of piperidine rings is 1. The van der Waals surface area contributed by atoms with Crippen molar-refractivity contribution in [2.45, 2.75) is 38.5 Å². The Balaban J connectivity index is 1.45. The van der Waals surface area contributed by atoms with Gasteiger partial charge in [-0.1, -0.05) is 53.5 Å². The van der Waals surface area contributed by atoms with E-state index in [1.807, 2.05) is 18.2 Å². The zero-order chi connectivity index (χ0) is 19.2. The number of benzene rings is 2. The first-order valence-electron chi connectivity index (χ1n) is 9.18. The summed E-state index contributed by atoms with van der Waals surface area (Å²) in [6.45, 7) is 3.27. The van der Waals surface area contributed by atoms with Crippen LogP contribution in [-0.4, -0.2) is 35.1 Å². The van der Waals surface area contributed by atoms with Gasteiger partial charge in [-0.15, -0.1) is 0 Å². The molecule has 0 aliphatic carbocycles. The SMILES string of the molecule is O=C(Cc1ccc(Cl)c(Cl)c1)NCc1ccc(CN2CCC(O)CC2)cc1. The van der Waals surface area contributed by atoms with Gasteiger partial charge in [-0.3, -0.25) is 9.69 Å². The molecule has 1 aliphatic rings. The van der Waals surface area contributed by atoms with Gasteiger partial charge in [0.1, 0.15) is 0 Å². The number of nitrogens with one attached hydrogen (secondary N) is 1. The highest BCUT2D eigenvalue weighted by atomic mass is 35.5. The average molecular weight is 407 g/mol. The molecule has 0 atom stereocenters. The van der Waals surface area contributed by atoms with Crippen LogP contribution in [0.2, 0.25) is 10.0 Å². The molecule has 0 unspecified atom stereocenters. The van der Waals surface area contributed by atoms with E-state index in [9.17, 15) is 9.90 Å². The molecule has 2 aromatic carbocycles. The normalized spacial score (nSPS) is 15.7. The second-order valence-corrected chi connectivity index (χ2v) is 7.84. The number of aliphatic hydroxyl groups is 1. The summed E-state index contributed by atoms with van der Waals surface area (Å²) in [6, 6.07) is 13.5. The lowest BCUT2D eigenvalue weighted by molar-refractivity contribution is -0.120. The van der Waals surface area contributed by atoms with Crippen LogP contribution in [0.3, 0.4) is 0 Å². The first-order chi connectivity index (χ1) is 13.0. The maximum Gasteiger partial charge on any atom is 0.224 e. The van der Waals surface area contributed by atoms with Crippen molar-refractivity contribution in [3.8, 4) is 0 Å². The zero-order valence-corrected chi connectivity index (χ0v) is 16.6. The molecule has 3 rings (SSSR count). The lowest BCUT2D eigenvalue weighted by atomic mass is 10.1. The molecule has 0 saturated carbocycles. The third-order valence-corrected chi connectivity index (χ3v) is 5.56. The number of amides is 1. The minimum absolute atomic E-state index is 0.0515. The average Bonchev–Trinajstić information content (AvgIpc) is 2.66. The fraction of sp³-hybridized carbons (Fsp3) is 0.381. The highest BCUT2D eigenvalue weighted by Gasteiger charge is 2.16. The number of hydrogen-bond donors (Lipinski definition) is 2. The van der Waals surface area contributed by atoms with Crippen molar-refractivity contribution in [3.05, 3.63) is 69.2 Å². The van der Waals surface area contributed by atoms with Gasteiger partial charge in [-0.25, -0.2) is 0 Å². The van der Waals surface area contributed by atoms with Crippen molar-refractivity contribution in [1.29, 1.82) is 0 Å². The van der Waals surface area contributed by atoms with Crippen LogP contribution in [0.4, 0.5) is 0 Å². The van der Waals surface area contributed by atoms with E-state index in [1.54, 1.807) is 12.1 Å². The van der Waals surface area contributed by atoms with Gasteiger partial charge in [0, 0.05) is 26.2 Å². The van der Waals surface area contributed by atoms with Crippen LogP contribution in [0.1, 0.15) is 29.5 Å². The molecule has 4 nitrogen and oxygen atoms in total. The van der Waals surface area contributed by atoms with Gasteiger partial charge in [-0.05, 0) is 41.7 Å². The molecule has 0 spiro atoms. The largest absolute Gasteiger partial charge is 0.393 e. The zero-order valence-electron chi connectivity index (χ0n) is 15.1. The molecule has 1 aliphatic heterocycles. The Morgan fingerprint density at radius 3 is 2.30 bits per heavy atom. The fourth-order valence-electron chi connectivity index (χ4n) is 3.20. The molecular weight excluding hydrogens is 383 g/mol. The summed E-state index contributed by atoms with van der Waals surface area (Å²) in [5.74, 6) is -0.0515. The molecule has 1 amide bonds. The standard InChI is InChI=1S/C21H24Cl2N2O2/c22-19-6-5-17(11-20(19)23)12-21(27)24-13-15-1-3-16(4-2-15)14-25-9-7-18(26)8-10-25/h1-6,11,18,26H,7-10,12-14H2,(H,24,27). The smallest absolute Gasteiger partial charge is 0.224 e. The molecule has 27 heavy (non-hydrogen) atoms. The number of carbonyl (C=O) groups is 1. The molecule has 2 aromatic rings. The Labute approximate surface area is 170 Å². The van der Waals surface area contributed by atoms with E-state index in [0.29, 0.717) is 16.6 Å². The Kier molecular flexibility index (Phi) is 7.13. The molecule has 1 fully saturated rings. The van der Waals surface area contributed by atoms with Crippen LogP contribution in [0.15, 0.2) is 42.5 Å². The van der Waals surface area contributed by atoms with Gasteiger partial charge < -0.3 is 10.4 Å². The minimum Gasteiger partial charge on any atom is -0.393 e. The first kappa shape index (κ1) is 20.2. The predicted molar refractivity (Wildman–Crippen MR) is 109 cm³/mol. The summed E-state index contributed by atoms with van der Waals surface area (Å²) in [4.78, 5) is 14.5. The number of carbonyl (C=O) groups excluding carboxylic acids is 1. The first-order valence-corrected chi connectivity index (χ1v) is 9.94. The van der Waals surface area contributed by atoms with Gasteiger partial charge in [0.15, 0.2) is 0 Å². The fourth-order valence-corrected chi connectivity index (χ4v) is 3.52. The Bertz CT molecular complexity index is 772. The lowest BCUT2D eigenvalue weighted by Gasteiger charge is -2.29. The van der Waals surface area contributed by atoms with Crippen LogP contribution < -0.4 is 5.32 Å². The van der Waals surface area contributed by atoms with Gasteiger partial charge in [0.25, 0.3) is 0 Å². The Morgan fingerprint density at radius 1 is 1.00 bits per heavy atom. The highest BCUT2D eigenvalue weighted by Crippen LogP contribution is 2.22. The third kappa shape index (κ3) is 6.22. The molecule has 144 valence electrons. The van der Waals surface area contributed by atoms with Gasteiger partial charge in [-0.2, -0.15) is 0 Å². The van der Waals surface area contributed by atoms with Crippen molar-refractivity contribution >= 4 is 29.1 Å². The van der Waals surface area contributed by atoms with Crippen molar-refractivity contribution in [3.63, 3.8) is 0 Å². The van der Waals surface area contributed by atoms with E-state index in [4.69, 9.17) is 23.2 Å². The van der Waals surface area contributed by atoms with E-state index in [0.717, 1.165) is 43.6 Å². The maximum absolute atomic E-state index is 12.1. The van der Waals surface area contributed by atoms with Gasteiger partial charge >= 0.3 is 0 Å². The van der Waals surface area contributed by atoms with Crippen molar-refractivity contribution in [2.75, 3.05) is 13.1 Å². The van der Waals surface area contributed by atoms with E-state index in [1.165, 1.54) is 5.56 Å². The molecular formula is C21H24Cl2N2O2. The quantitative estimate of drug-likeness (QED) is 0.766. The summed E-state index contributed by atoms with van der Waals surface area (Å²) in [5.41, 5.74) is 3.15. The summed E-state index contributed by atoms with van der Waals surface area (Å²) >= 11 is 11.9. The topological polar surface area (TPSA) is 52.6 Å². The molecule has 0 radical (unpaired) electrons. The van der Waals surface area contributed by atoms with Gasteiger partial charge in [0.05, 0.1) is 22.6 Å². The Hall–Kier alpha value is -1.59. The molecule has 0 bridgehead atoms. The highest BCUT2D eigenvalue weighted by molar-refractivity contribution is 6.42. The molecule has 2 N–H and O–H groups in total. The Morgan fingerprint density at radius 2 is 1.63 bits per heavy atom. The predicted octanol–water partition coefficient (Wildman–Crippen LogP) is 3.81. The van der Waals surface area contributed by atoms with Crippen molar-refractivity contribution in [1.82, 2.24) is 10.2 Å². The molecule has 6 heteroatoms. The van der Waals surface area contributed by atoms with Gasteiger partial charge in [0.2, 0.25) is 5.91 Å². The lowest BCUT2D eigenvalue weighted by Crippen LogP contribution is -2.35.